The van der Waals surface area contributed by atoms with Gasteiger partial charge in [0.15, 0.2) is 0 Å². The van der Waals surface area contributed by atoms with Crippen molar-refractivity contribution in [3.8, 4) is 0 Å². The van der Waals surface area contributed by atoms with Crippen LogP contribution in [0.2, 0.25) is 5.02 Å². The standard InChI is InChI=1S/C17H24ClN3O3/c1-23-15-6-7-21(11-15)17(22)19-10-16-12-20(8-9-24-16)14-4-2-13(18)3-5-14/h2-5,15-16H,6-12H2,1H3,(H,19,22)/t15-,16?/m0/s1. The summed E-state index contributed by atoms with van der Waals surface area (Å²) in [5.74, 6) is 0. The predicted molar refractivity (Wildman–Crippen MR) is 93.8 cm³/mol. The van der Waals surface area contributed by atoms with Crippen LogP contribution in [0.4, 0.5) is 10.5 Å². The summed E-state index contributed by atoms with van der Waals surface area (Å²) >= 11 is 5.94. The highest BCUT2D eigenvalue weighted by atomic mass is 35.5. The summed E-state index contributed by atoms with van der Waals surface area (Å²) in [6, 6.07) is 7.77. The number of carbonyl (C=O) groups is 1. The monoisotopic (exact) mass is 353 g/mol. The molecule has 2 saturated heterocycles. The van der Waals surface area contributed by atoms with E-state index in [-0.39, 0.29) is 18.2 Å². The lowest BCUT2D eigenvalue weighted by Crippen LogP contribution is -2.49. The number of nitrogens with one attached hydrogen (secondary N) is 1. The molecule has 2 aliphatic rings. The summed E-state index contributed by atoms with van der Waals surface area (Å²) in [5.41, 5.74) is 1.13. The smallest absolute Gasteiger partial charge is 0.317 e. The number of rotatable bonds is 4. The van der Waals surface area contributed by atoms with Crippen molar-refractivity contribution in [1.29, 1.82) is 0 Å². The third-order valence-electron chi connectivity index (χ3n) is 4.58. The maximum absolute atomic E-state index is 12.2. The van der Waals surface area contributed by atoms with E-state index in [1.807, 2.05) is 24.3 Å². The second-order valence-electron chi connectivity index (χ2n) is 6.19. The first kappa shape index (κ1) is 17.3. The fourth-order valence-corrected chi connectivity index (χ4v) is 3.27. The largest absolute Gasteiger partial charge is 0.380 e. The van der Waals surface area contributed by atoms with Crippen molar-refractivity contribution in [2.75, 3.05) is 51.3 Å². The van der Waals surface area contributed by atoms with Gasteiger partial charge in [0.1, 0.15) is 0 Å². The first-order valence-corrected chi connectivity index (χ1v) is 8.71. The average molecular weight is 354 g/mol. The Bertz CT molecular complexity index is 555. The summed E-state index contributed by atoms with van der Waals surface area (Å²) in [6.45, 7) is 4.16. The number of hydrogen-bond acceptors (Lipinski definition) is 4. The van der Waals surface area contributed by atoms with Gasteiger partial charge < -0.3 is 24.6 Å². The van der Waals surface area contributed by atoms with E-state index in [4.69, 9.17) is 21.1 Å². The number of hydrogen-bond donors (Lipinski definition) is 1. The highest BCUT2D eigenvalue weighted by Gasteiger charge is 2.27. The second kappa shape index (κ2) is 8.05. The number of ether oxygens (including phenoxy) is 2. The predicted octanol–water partition coefficient (Wildman–Crippen LogP) is 1.98. The average Bonchev–Trinajstić information content (AvgIpc) is 3.10. The van der Waals surface area contributed by atoms with Crippen molar-refractivity contribution in [3.05, 3.63) is 29.3 Å². The third-order valence-corrected chi connectivity index (χ3v) is 4.83. The molecule has 0 spiro atoms. The van der Waals surface area contributed by atoms with Crippen LogP contribution >= 0.6 is 11.6 Å². The van der Waals surface area contributed by atoms with Crippen LogP contribution in [0.3, 0.4) is 0 Å². The molecule has 1 aromatic carbocycles. The van der Waals surface area contributed by atoms with Crippen LogP contribution in [0.15, 0.2) is 24.3 Å². The Morgan fingerprint density at radius 3 is 2.83 bits per heavy atom. The normalized spacial score (nSPS) is 24.2. The van der Waals surface area contributed by atoms with E-state index >= 15 is 0 Å². The number of amides is 2. The molecule has 0 saturated carbocycles. The molecule has 2 amide bonds. The SMILES string of the molecule is CO[C@H]1CCN(C(=O)NCC2CN(c3ccc(Cl)cc3)CCO2)C1. The van der Waals surface area contributed by atoms with E-state index in [0.717, 1.165) is 36.8 Å². The molecule has 6 nitrogen and oxygen atoms in total. The summed E-state index contributed by atoms with van der Waals surface area (Å²) in [4.78, 5) is 16.3. The fraction of sp³-hybridized carbons (Fsp3) is 0.588. The highest BCUT2D eigenvalue weighted by molar-refractivity contribution is 6.30. The minimum absolute atomic E-state index is 0.0146. The van der Waals surface area contributed by atoms with Gasteiger partial charge in [-0.05, 0) is 30.7 Å². The summed E-state index contributed by atoms with van der Waals surface area (Å²) in [7, 11) is 1.69. The molecule has 132 valence electrons. The molecule has 0 bridgehead atoms. The molecule has 0 aliphatic carbocycles. The van der Waals surface area contributed by atoms with Gasteiger partial charge in [-0.25, -0.2) is 4.79 Å². The maximum atomic E-state index is 12.2. The van der Waals surface area contributed by atoms with Crippen molar-refractivity contribution < 1.29 is 14.3 Å². The molecular weight excluding hydrogens is 330 g/mol. The number of nitrogens with zero attached hydrogens (tertiary/aromatic N) is 2. The number of anilines is 1. The van der Waals surface area contributed by atoms with Gasteiger partial charge in [0.05, 0.1) is 18.8 Å². The van der Waals surface area contributed by atoms with Gasteiger partial charge >= 0.3 is 6.03 Å². The molecule has 0 radical (unpaired) electrons. The van der Waals surface area contributed by atoms with Gasteiger partial charge in [0.2, 0.25) is 0 Å². The third kappa shape index (κ3) is 4.32. The van der Waals surface area contributed by atoms with Gasteiger partial charge in [-0.1, -0.05) is 11.6 Å². The first-order chi connectivity index (χ1) is 11.7. The van der Waals surface area contributed by atoms with Crippen LogP contribution in [-0.2, 0) is 9.47 Å². The van der Waals surface area contributed by atoms with Crippen molar-refractivity contribution in [2.24, 2.45) is 0 Å². The summed E-state index contributed by atoms with van der Waals surface area (Å²) in [6.07, 6.45) is 1.04. The van der Waals surface area contributed by atoms with Crippen molar-refractivity contribution >= 4 is 23.3 Å². The molecule has 2 heterocycles. The van der Waals surface area contributed by atoms with Crippen LogP contribution in [0.25, 0.3) is 0 Å². The number of likely N-dealkylation sites (tertiary alicyclic amines) is 1. The molecule has 1 unspecified atom stereocenters. The van der Waals surface area contributed by atoms with E-state index < -0.39 is 0 Å². The van der Waals surface area contributed by atoms with Crippen molar-refractivity contribution in [2.45, 2.75) is 18.6 Å². The second-order valence-corrected chi connectivity index (χ2v) is 6.63. The number of urea groups is 1. The van der Waals surface area contributed by atoms with E-state index in [1.165, 1.54) is 0 Å². The lowest BCUT2D eigenvalue weighted by Gasteiger charge is -2.35. The molecule has 1 aromatic rings. The van der Waals surface area contributed by atoms with Crippen LogP contribution in [0.1, 0.15) is 6.42 Å². The topological polar surface area (TPSA) is 54.0 Å². The van der Waals surface area contributed by atoms with Gasteiger partial charge in [-0.3, -0.25) is 0 Å². The lowest BCUT2D eigenvalue weighted by atomic mass is 10.2. The number of benzene rings is 1. The Balaban J connectivity index is 1.47. The zero-order valence-corrected chi connectivity index (χ0v) is 14.7. The number of methoxy groups -OCH3 is 1. The minimum Gasteiger partial charge on any atom is -0.380 e. The molecule has 24 heavy (non-hydrogen) atoms. The molecule has 2 atom stereocenters. The zero-order valence-electron chi connectivity index (χ0n) is 13.9. The fourth-order valence-electron chi connectivity index (χ4n) is 3.15. The van der Waals surface area contributed by atoms with Crippen molar-refractivity contribution in [1.82, 2.24) is 10.2 Å². The van der Waals surface area contributed by atoms with Crippen LogP contribution in [-0.4, -0.2) is 69.6 Å². The van der Waals surface area contributed by atoms with E-state index in [9.17, 15) is 4.79 Å². The molecule has 1 N–H and O–H groups in total. The van der Waals surface area contributed by atoms with Gasteiger partial charge in [0.25, 0.3) is 0 Å². The van der Waals surface area contributed by atoms with Gasteiger partial charge in [-0.2, -0.15) is 0 Å². The molecule has 2 fully saturated rings. The number of halogens is 1. The quantitative estimate of drug-likeness (QED) is 0.899. The Kier molecular flexibility index (Phi) is 5.81. The Hall–Kier alpha value is -1.50. The number of morpholine rings is 1. The molecule has 3 rings (SSSR count). The van der Waals surface area contributed by atoms with Crippen molar-refractivity contribution in [3.63, 3.8) is 0 Å². The van der Waals surface area contributed by atoms with Gasteiger partial charge in [0, 0.05) is 50.5 Å². The molecule has 2 aliphatic heterocycles. The van der Waals surface area contributed by atoms with E-state index in [2.05, 4.69) is 10.2 Å². The Morgan fingerprint density at radius 2 is 2.12 bits per heavy atom. The van der Waals surface area contributed by atoms with E-state index in [0.29, 0.717) is 19.7 Å². The minimum atomic E-state index is -0.0400. The lowest BCUT2D eigenvalue weighted by molar-refractivity contribution is 0.0415. The zero-order chi connectivity index (χ0) is 16.9. The highest BCUT2D eigenvalue weighted by Crippen LogP contribution is 2.20. The first-order valence-electron chi connectivity index (χ1n) is 8.33. The maximum Gasteiger partial charge on any atom is 0.317 e. The van der Waals surface area contributed by atoms with Gasteiger partial charge in [-0.15, -0.1) is 0 Å². The van der Waals surface area contributed by atoms with E-state index in [1.54, 1.807) is 12.0 Å². The Labute approximate surface area is 147 Å². The number of carbonyl (C=O) groups excluding carboxylic acids is 1. The van der Waals surface area contributed by atoms with Crippen LogP contribution < -0.4 is 10.2 Å². The summed E-state index contributed by atoms with van der Waals surface area (Å²) in [5, 5.41) is 3.71. The molecular formula is C17H24ClN3O3. The summed E-state index contributed by atoms with van der Waals surface area (Å²) < 4.78 is 11.1. The van der Waals surface area contributed by atoms with Crippen LogP contribution in [0, 0.1) is 0 Å². The molecule has 0 aromatic heterocycles. The molecule has 7 heteroatoms. The Morgan fingerprint density at radius 1 is 1.33 bits per heavy atom. The van der Waals surface area contributed by atoms with Crippen LogP contribution in [0.5, 0.6) is 0 Å².